The van der Waals surface area contributed by atoms with Crippen molar-refractivity contribution in [2.45, 2.75) is 46.5 Å². The molecule has 20 heavy (non-hydrogen) atoms. The molecule has 2 nitrogen and oxygen atoms in total. The van der Waals surface area contributed by atoms with Gasteiger partial charge in [0.25, 0.3) is 0 Å². The summed E-state index contributed by atoms with van der Waals surface area (Å²) in [4.78, 5) is 2.61. The van der Waals surface area contributed by atoms with Crippen LogP contribution in [-0.2, 0) is 0 Å². The second-order valence-corrected chi connectivity index (χ2v) is 6.35. The van der Waals surface area contributed by atoms with Crippen molar-refractivity contribution in [3.63, 3.8) is 0 Å². The number of benzene rings is 1. The van der Waals surface area contributed by atoms with E-state index in [-0.39, 0.29) is 0 Å². The van der Waals surface area contributed by atoms with Crippen molar-refractivity contribution in [3.05, 3.63) is 29.3 Å². The number of likely N-dealkylation sites (tertiary alicyclic amines) is 1. The van der Waals surface area contributed by atoms with E-state index >= 15 is 0 Å². The van der Waals surface area contributed by atoms with Gasteiger partial charge in [-0.2, -0.15) is 0 Å². The highest BCUT2D eigenvalue weighted by atomic mass is 16.5. The van der Waals surface area contributed by atoms with E-state index in [2.05, 4.69) is 43.9 Å². The normalized spacial score (nSPS) is 17.4. The van der Waals surface area contributed by atoms with E-state index in [0.29, 0.717) is 0 Å². The van der Waals surface area contributed by atoms with E-state index in [1.807, 2.05) is 0 Å². The zero-order valence-corrected chi connectivity index (χ0v) is 13.3. The van der Waals surface area contributed by atoms with Crippen molar-refractivity contribution in [2.24, 2.45) is 5.92 Å². The molecule has 1 aliphatic rings. The molecule has 1 heterocycles. The first-order valence-electron chi connectivity index (χ1n) is 8.07. The maximum Gasteiger partial charge on any atom is 0.122 e. The Hall–Kier alpha value is -1.02. The van der Waals surface area contributed by atoms with Crippen LogP contribution >= 0.6 is 0 Å². The average Bonchev–Trinajstić information content (AvgIpc) is 2.44. The molecule has 1 aromatic rings. The van der Waals surface area contributed by atoms with Crippen molar-refractivity contribution in [1.82, 2.24) is 4.90 Å². The third-order valence-electron chi connectivity index (χ3n) is 4.35. The Morgan fingerprint density at radius 2 is 1.90 bits per heavy atom. The number of hydrogen-bond donors (Lipinski definition) is 0. The number of hydrogen-bond acceptors (Lipinski definition) is 2. The molecule has 0 atom stereocenters. The molecular formula is C18H29NO. The molecule has 0 spiro atoms. The first-order chi connectivity index (χ1) is 9.65. The Morgan fingerprint density at radius 1 is 1.15 bits per heavy atom. The van der Waals surface area contributed by atoms with Gasteiger partial charge in [-0.3, -0.25) is 0 Å². The van der Waals surface area contributed by atoms with Gasteiger partial charge >= 0.3 is 0 Å². The maximum atomic E-state index is 5.91. The minimum atomic E-state index is 0.842. The molecule has 0 saturated carbocycles. The molecule has 0 radical (unpaired) electrons. The minimum Gasteiger partial charge on any atom is -0.493 e. The SMILES string of the molecule is Cc1ccc(C)c(OCCCCN2CCC(C)CC2)c1. The van der Waals surface area contributed by atoms with E-state index in [1.54, 1.807) is 0 Å². The fourth-order valence-corrected chi connectivity index (χ4v) is 2.77. The summed E-state index contributed by atoms with van der Waals surface area (Å²) in [6.07, 6.45) is 5.15. The molecule has 2 rings (SSSR count). The molecule has 0 aromatic heterocycles. The van der Waals surface area contributed by atoms with Gasteiger partial charge in [0.15, 0.2) is 0 Å². The number of piperidine rings is 1. The molecule has 1 fully saturated rings. The zero-order chi connectivity index (χ0) is 14.4. The summed E-state index contributed by atoms with van der Waals surface area (Å²) in [5.41, 5.74) is 2.51. The standard InChI is InChI=1S/C18H29NO/c1-15-8-11-19(12-9-15)10-4-5-13-20-18-14-16(2)6-7-17(18)3/h6-7,14-15H,4-5,8-13H2,1-3H3. The lowest BCUT2D eigenvalue weighted by Crippen LogP contribution is -2.33. The van der Waals surface area contributed by atoms with Crippen molar-refractivity contribution in [2.75, 3.05) is 26.2 Å². The summed E-state index contributed by atoms with van der Waals surface area (Å²) in [6, 6.07) is 6.42. The fourth-order valence-electron chi connectivity index (χ4n) is 2.77. The molecule has 0 bridgehead atoms. The molecule has 1 aliphatic heterocycles. The Labute approximate surface area is 124 Å². The summed E-state index contributed by atoms with van der Waals surface area (Å²) < 4.78 is 5.91. The number of unbranched alkanes of at least 4 members (excludes halogenated alkanes) is 1. The lowest BCUT2D eigenvalue weighted by molar-refractivity contribution is 0.184. The largest absolute Gasteiger partial charge is 0.493 e. The number of rotatable bonds is 6. The molecule has 1 aromatic carbocycles. The molecule has 1 saturated heterocycles. The summed E-state index contributed by atoms with van der Waals surface area (Å²) in [5.74, 6) is 1.98. The molecule has 0 amide bonds. The van der Waals surface area contributed by atoms with Crippen molar-refractivity contribution in [1.29, 1.82) is 0 Å². The fraction of sp³-hybridized carbons (Fsp3) is 0.667. The second kappa shape index (κ2) is 7.68. The van der Waals surface area contributed by atoms with E-state index in [0.717, 1.165) is 24.7 Å². The number of aryl methyl sites for hydroxylation is 2. The van der Waals surface area contributed by atoms with Crippen LogP contribution in [0.25, 0.3) is 0 Å². The van der Waals surface area contributed by atoms with E-state index < -0.39 is 0 Å². The van der Waals surface area contributed by atoms with Gasteiger partial charge in [-0.1, -0.05) is 19.1 Å². The predicted octanol–water partition coefficient (Wildman–Crippen LogP) is 4.19. The summed E-state index contributed by atoms with van der Waals surface area (Å²) in [7, 11) is 0. The van der Waals surface area contributed by atoms with Crippen LogP contribution in [0.1, 0.15) is 43.7 Å². The van der Waals surface area contributed by atoms with Gasteiger partial charge < -0.3 is 9.64 Å². The van der Waals surface area contributed by atoms with Crippen LogP contribution in [0.15, 0.2) is 18.2 Å². The Bertz CT molecular complexity index is 408. The third-order valence-corrected chi connectivity index (χ3v) is 4.35. The second-order valence-electron chi connectivity index (χ2n) is 6.35. The summed E-state index contributed by atoms with van der Waals surface area (Å²) >= 11 is 0. The molecule has 0 N–H and O–H groups in total. The highest BCUT2D eigenvalue weighted by molar-refractivity contribution is 5.35. The zero-order valence-electron chi connectivity index (χ0n) is 13.3. The molecule has 0 unspecified atom stereocenters. The quantitative estimate of drug-likeness (QED) is 0.722. The van der Waals surface area contributed by atoms with Gasteiger partial charge in [-0.05, 0) is 82.3 Å². The number of ether oxygens (including phenoxy) is 1. The lowest BCUT2D eigenvalue weighted by Gasteiger charge is -2.30. The van der Waals surface area contributed by atoms with Crippen LogP contribution in [0.4, 0.5) is 0 Å². The molecular weight excluding hydrogens is 246 g/mol. The van der Waals surface area contributed by atoms with Crippen molar-refractivity contribution in [3.8, 4) is 5.75 Å². The van der Waals surface area contributed by atoms with Crippen LogP contribution in [0.5, 0.6) is 5.75 Å². The minimum absolute atomic E-state index is 0.842. The molecule has 112 valence electrons. The first kappa shape index (κ1) is 15.4. The smallest absolute Gasteiger partial charge is 0.122 e. The van der Waals surface area contributed by atoms with Crippen LogP contribution in [0.3, 0.4) is 0 Å². The van der Waals surface area contributed by atoms with Gasteiger partial charge in [0.05, 0.1) is 6.61 Å². The van der Waals surface area contributed by atoms with Gasteiger partial charge in [0.1, 0.15) is 5.75 Å². The molecule has 2 heteroatoms. The first-order valence-corrected chi connectivity index (χ1v) is 8.07. The predicted molar refractivity (Wildman–Crippen MR) is 85.5 cm³/mol. The topological polar surface area (TPSA) is 12.5 Å². The summed E-state index contributed by atoms with van der Waals surface area (Å²) in [5, 5.41) is 0. The van der Waals surface area contributed by atoms with E-state index in [4.69, 9.17) is 4.74 Å². The van der Waals surface area contributed by atoms with Crippen LogP contribution in [-0.4, -0.2) is 31.1 Å². The average molecular weight is 275 g/mol. The molecule has 0 aliphatic carbocycles. The Morgan fingerprint density at radius 3 is 2.65 bits per heavy atom. The maximum absolute atomic E-state index is 5.91. The number of nitrogens with zero attached hydrogens (tertiary/aromatic N) is 1. The van der Waals surface area contributed by atoms with Crippen LogP contribution < -0.4 is 4.74 Å². The summed E-state index contributed by atoms with van der Waals surface area (Å²) in [6.45, 7) is 11.3. The Kier molecular flexibility index (Phi) is 5.90. The monoisotopic (exact) mass is 275 g/mol. The van der Waals surface area contributed by atoms with Crippen LogP contribution in [0, 0.1) is 19.8 Å². The van der Waals surface area contributed by atoms with Gasteiger partial charge in [-0.25, -0.2) is 0 Å². The van der Waals surface area contributed by atoms with Gasteiger partial charge in [0, 0.05) is 0 Å². The van der Waals surface area contributed by atoms with E-state index in [9.17, 15) is 0 Å². The highest BCUT2D eigenvalue weighted by Gasteiger charge is 2.14. The Balaban J connectivity index is 1.61. The lowest BCUT2D eigenvalue weighted by atomic mass is 9.99. The van der Waals surface area contributed by atoms with Crippen LogP contribution in [0.2, 0.25) is 0 Å². The third kappa shape index (κ3) is 4.82. The van der Waals surface area contributed by atoms with Crippen molar-refractivity contribution < 1.29 is 4.74 Å². The highest BCUT2D eigenvalue weighted by Crippen LogP contribution is 2.19. The van der Waals surface area contributed by atoms with E-state index in [1.165, 1.54) is 50.0 Å². The van der Waals surface area contributed by atoms with Gasteiger partial charge in [-0.15, -0.1) is 0 Å². The van der Waals surface area contributed by atoms with Crippen molar-refractivity contribution >= 4 is 0 Å². The van der Waals surface area contributed by atoms with Gasteiger partial charge in [0.2, 0.25) is 0 Å².